The van der Waals surface area contributed by atoms with Crippen LogP contribution in [0.1, 0.15) is 18.2 Å². The Balaban J connectivity index is 2.53. The van der Waals surface area contributed by atoms with Crippen molar-refractivity contribution in [1.82, 2.24) is 0 Å². The van der Waals surface area contributed by atoms with E-state index in [0.29, 0.717) is 5.76 Å². The second-order valence-corrected chi connectivity index (χ2v) is 4.98. The topological polar surface area (TPSA) is 73.3 Å². The van der Waals surface area contributed by atoms with Crippen molar-refractivity contribution in [3.05, 3.63) is 64.1 Å². The summed E-state index contributed by atoms with van der Waals surface area (Å²) in [5, 5.41) is 10.5. The molecule has 0 radical (unpaired) electrons. The van der Waals surface area contributed by atoms with E-state index in [1.807, 2.05) is 0 Å². The maximum atomic E-state index is 11.9. The zero-order valence-electron chi connectivity index (χ0n) is 10.7. The molecule has 0 saturated carbocycles. The van der Waals surface area contributed by atoms with Gasteiger partial charge in [-0.05, 0) is 30.7 Å². The Hall–Kier alpha value is -2.14. The lowest BCUT2D eigenvalue weighted by Gasteiger charge is -2.24. The second kappa shape index (κ2) is 5.46. The molecule has 0 aliphatic heterocycles. The fourth-order valence-corrected chi connectivity index (χ4v) is 2.30. The maximum absolute atomic E-state index is 11.9. The lowest BCUT2D eigenvalue weighted by atomic mass is 9.79. The van der Waals surface area contributed by atoms with E-state index in [9.17, 15) is 14.9 Å². The minimum Gasteiger partial charge on any atom is -0.469 e. The third-order valence-electron chi connectivity index (χ3n) is 3.24. The number of carbonyl (C=O) groups is 1. The van der Waals surface area contributed by atoms with Crippen LogP contribution in [0.5, 0.6) is 0 Å². The van der Waals surface area contributed by atoms with E-state index in [4.69, 9.17) is 16.0 Å². The van der Waals surface area contributed by atoms with Crippen molar-refractivity contribution in [2.45, 2.75) is 18.8 Å². The Kier molecular flexibility index (Phi) is 3.90. The van der Waals surface area contributed by atoms with Crippen molar-refractivity contribution in [1.29, 1.82) is 0 Å². The van der Waals surface area contributed by atoms with Crippen LogP contribution in [0, 0.1) is 10.1 Å². The molecule has 5 nitrogen and oxygen atoms in total. The molecule has 1 heterocycles. The maximum Gasteiger partial charge on any atom is 0.273 e. The lowest BCUT2D eigenvalue weighted by molar-refractivity contribution is -0.385. The number of benzene rings is 1. The first kappa shape index (κ1) is 14.3. The number of para-hydroxylation sites is 1. The Morgan fingerprint density at radius 1 is 1.35 bits per heavy atom. The van der Waals surface area contributed by atoms with Crippen LogP contribution in [0.3, 0.4) is 0 Å². The summed E-state index contributed by atoms with van der Waals surface area (Å²) in [7, 11) is 0. The van der Waals surface area contributed by atoms with Gasteiger partial charge >= 0.3 is 0 Å². The Labute approximate surface area is 120 Å². The molecule has 0 bridgehead atoms. The molecule has 2 rings (SSSR count). The van der Waals surface area contributed by atoms with Gasteiger partial charge in [0.05, 0.1) is 16.6 Å². The summed E-state index contributed by atoms with van der Waals surface area (Å²) in [5.41, 5.74) is -1.07. The SMILES string of the molecule is CC(Cc1ccco1)(C(=O)Cl)c1ccccc1[N+](=O)[O-]. The van der Waals surface area contributed by atoms with Crippen molar-refractivity contribution >= 4 is 22.5 Å². The fraction of sp³-hybridized carbons (Fsp3) is 0.214. The van der Waals surface area contributed by atoms with Crippen molar-refractivity contribution in [3.8, 4) is 0 Å². The van der Waals surface area contributed by atoms with E-state index in [1.165, 1.54) is 12.3 Å². The molecule has 0 fully saturated rings. The summed E-state index contributed by atoms with van der Waals surface area (Å²) in [6.07, 6.45) is 1.64. The highest BCUT2D eigenvalue weighted by atomic mass is 35.5. The molecule has 0 aliphatic carbocycles. The quantitative estimate of drug-likeness (QED) is 0.481. The molecule has 0 N–H and O–H groups in total. The van der Waals surface area contributed by atoms with Gasteiger partial charge in [-0.25, -0.2) is 0 Å². The van der Waals surface area contributed by atoms with Crippen molar-refractivity contribution in [3.63, 3.8) is 0 Å². The molecule has 1 atom stereocenters. The number of halogens is 1. The normalized spacial score (nSPS) is 13.7. The van der Waals surface area contributed by atoms with Gasteiger partial charge in [-0.2, -0.15) is 0 Å². The highest BCUT2D eigenvalue weighted by Gasteiger charge is 2.39. The Morgan fingerprint density at radius 3 is 2.60 bits per heavy atom. The summed E-state index contributed by atoms with van der Waals surface area (Å²) in [6.45, 7) is 1.58. The molecule has 6 heteroatoms. The van der Waals surface area contributed by atoms with Crippen LogP contribution >= 0.6 is 11.6 Å². The highest BCUT2D eigenvalue weighted by Crippen LogP contribution is 2.36. The van der Waals surface area contributed by atoms with Crippen LogP contribution in [0.15, 0.2) is 47.1 Å². The van der Waals surface area contributed by atoms with E-state index in [0.717, 1.165) is 0 Å². The number of carbonyl (C=O) groups excluding carboxylic acids is 1. The largest absolute Gasteiger partial charge is 0.469 e. The van der Waals surface area contributed by atoms with E-state index >= 15 is 0 Å². The number of hydrogen-bond donors (Lipinski definition) is 0. The first-order valence-corrected chi connectivity index (χ1v) is 6.29. The first-order valence-electron chi connectivity index (χ1n) is 5.91. The number of nitro benzene ring substituents is 1. The van der Waals surface area contributed by atoms with Gasteiger partial charge in [0.15, 0.2) is 0 Å². The average Bonchev–Trinajstić information content (AvgIpc) is 2.91. The third kappa shape index (κ3) is 2.58. The predicted molar refractivity (Wildman–Crippen MR) is 73.7 cm³/mol. The van der Waals surface area contributed by atoms with Crippen LogP contribution in [0.4, 0.5) is 5.69 Å². The fourth-order valence-electron chi connectivity index (χ4n) is 2.13. The molecule has 2 aromatic rings. The van der Waals surface area contributed by atoms with Crippen LogP contribution in [0.2, 0.25) is 0 Å². The van der Waals surface area contributed by atoms with E-state index < -0.39 is 15.6 Å². The van der Waals surface area contributed by atoms with Crippen molar-refractivity contribution in [2.24, 2.45) is 0 Å². The van der Waals surface area contributed by atoms with Gasteiger partial charge < -0.3 is 4.42 Å². The number of nitrogens with zero attached hydrogens (tertiary/aromatic N) is 1. The van der Waals surface area contributed by atoms with Gasteiger partial charge in [0.2, 0.25) is 5.24 Å². The molecule has 0 saturated heterocycles. The van der Waals surface area contributed by atoms with Crippen LogP contribution in [-0.2, 0) is 16.6 Å². The number of furan rings is 1. The summed E-state index contributed by atoms with van der Waals surface area (Å²) in [4.78, 5) is 22.5. The van der Waals surface area contributed by atoms with Crippen molar-refractivity contribution in [2.75, 3.05) is 0 Å². The number of hydrogen-bond acceptors (Lipinski definition) is 4. The second-order valence-electron chi connectivity index (χ2n) is 4.64. The van der Waals surface area contributed by atoms with E-state index in [1.54, 1.807) is 37.3 Å². The summed E-state index contributed by atoms with van der Waals surface area (Å²) in [5.74, 6) is 0.541. The molecule has 1 aromatic heterocycles. The summed E-state index contributed by atoms with van der Waals surface area (Å²) < 4.78 is 5.22. The number of rotatable bonds is 5. The number of nitro groups is 1. The van der Waals surface area contributed by atoms with E-state index in [2.05, 4.69) is 0 Å². The first-order chi connectivity index (χ1) is 9.45. The van der Waals surface area contributed by atoms with Gasteiger partial charge in [0.25, 0.3) is 5.69 Å². The van der Waals surface area contributed by atoms with Gasteiger partial charge in [0.1, 0.15) is 5.76 Å². The van der Waals surface area contributed by atoms with Gasteiger partial charge in [-0.1, -0.05) is 18.2 Å². The molecule has 0 amide bonds. The Morgan fingerprint density at radius 2 is 2.05 bits per heavy atom. The predicted octanol–water partition coefficient (Wildman–Crippen LogP) is 3.45. The average molecular weight is 294 g/mol. The molecular weight excluding hydrogens is 282 g/mol. The molecule has 1 unspecified atom stereocenters. The monoisotopic (exact) mass is 293 g/mol. The minimum atomic E-state index is -1.22. The summed E-state index contributed by atoms with van der Waals surface area (Å²) in [6, 6.07) is 9.48. The van der Waals surface area contributed by atoms with Crippen LogP contribution < -0.4 is 0 Å². The van der Waals surface area contributed by atoms with Gasteiger partial charge in [0, 0.05) is 18.1 Å². The van der Waals surface area contributed by atoms with Crippen LogP contribution in [-0.4, -0.2) is 10.2 Å². The molecule has 104 valence electrons. The van der Waals surface area contributed by atoms with E-state index in [-0.39, 0.29) is 17.7 Å². The zero-order valence-corrected chi connectivity index (χ0v) is 11.5. The standard InChI is InChI=1S/C14H12ClNO4/c1-14(13(15)17,9-10-5-4-8-20-10)11-6-2-3-7-12(11)16(18)19/h2-8H,9H2,1H3. The third-order valence-corrected chi connectivity index (χ3v) is 3.65. The smallest absolute Gasteiger partial charge is 0.273 e. The molecule has 0 spiro atoms. The van der Waals surface area contributed by atoms with Crippen LogP contribution in [0.25, 0.3) is 0 Å². The van der Waals surface area contributed by atoms with Crippen molar-refractivity contribution < 1.29 is 14.1 Å². The molecule has 0 aliphatic rings. The lowest BCUT2D eigenvalue weighted by Crippen LogP contribution is -2.32. The molecular formula is C14H12ClNO4. The van der Waals surface area contributed by atoms with Gasteiger partial charge in [-0.3, -0.25) is 14.9 Å². The Bertz CT molecular complexity index is 638. The molecule has 20 heavy (non-hydrogen) atoms. The minimum absolute atomic E-state index is 0.129. The van der Waals surface area contributed by atoms with Gasteiger partial charge in [-0.15, -0.1) is 0 Å². The summed E-state index contributed by atoms with van der Waals surface area (Å²) >= 11 is 5.71. The zero-order chi connectivity index (χ0) is 14.8. The molecule has 1 aromatic carbocycles. The highest BCUT2D eigenvalue weighted by molar-refractivity contribution is 6.65.